The summed E-state index contributed by atoms with van der Waals surface area (Å²) in [6, 6.07) is 24.0. The topological polar surface area (TPSA) is 42.3 Å². The number of hydrogen-bond donors (Lipinski definition) is 1. The fourth-order valence-electron chi connectivity index (χ4n) is 4.39. The number of benzene rings is 2. The minimum absolute atomic E-state index is 0.0937. The Balaban J connectivity index is 1.61. The Morgan fingerprint density at radius 2 is 1.79 bits per heavy atom. The molecule has 0 bridgehead atoms. The molecular formula is C27H25FN4OS. The summed E-state index contributed by atoms with van der Waals surface area (Å²) in [4.78, 5) is 6.70. The number of hydrogen-bond acceptors (Lipinski definition) is 3. The number of rotatable bonds is 6. The van der Waals surface area contributed by atoms with Crippen molar-refractivity contribution < 1.29 is 9.13 Å². The summed E-state index contributed by atoms with van der Waals surface area (Å²) in [5.74, 6) is 0.522. The minimum Gasteiger partial charge on any atom is -0.491 e. The molecule has 172 valence electrons. The molecule has 2 aromatic heterocycles. The highest BCUT2D eigenvalue weighted by molar-refractivity contribution is 7.80. The minimum atomic E-state index is -0.281. The molecule has 0 saturated carbocycles. The molecule has 0 radical (unpaired) electrons. The average Bonchev–Trinajstić information content (AvgIpc) is 3.44. The highest BCUT2D eigenvalue weighted by Gasteiger charge is 2.42. The van der Waals surface area contributed by atoms with E-state index in [9.17, 15) is 4.39 Å². The van der Waals surface area contributed by atoms with Crippen LogP contribution in [0.1, 0.15) is 37.3 Å². The second-order valence-corrected chi connectivity index (χ2v) is 8.83. The van der Waals surface area contributed by atoms with E-state index < -0.39 is 0 Å². The first-order valence-corrected chi connectivity index (χ1v) is 11.6. The lowest BCUT2D eigenvalue weighted by Crippen LogP contribution is -2.30. The van der Waals surface area contributed by atoms with Crippen LogP contribution in [0.15, 0.2) is 91.3 Å². The van der Waals surface area contributed by atoms with Crippen LogP contribution in [0, 0.1) is 5.82 Å². The maximum atomic E-state index is 14.1. The van der Waals surface area contributed by atoms with Crippen LogP contribution in [0.2, 0.25) is 0 Å². The number of ether oxygens (including phenoxy) is 1. The maximum absolute atomic E-state index is 14.1. The van der Waals surface area contributed by atoms with Crippen molar-refractivity contribution >= 4 is 23.0 Å². The van der Waals surface area contributed by atoms with Crippen molar-refractivity contribution in [3.63, 3.8) is 0 Å². The zero-order valence-electron chi connectivity index (χ0n) is 18.9. The highest BCUT2D eigenvalue weighted by atomic mass is 32.1. The van der Waals surface area contributed by atoms with E-state index in [1.54, 1.807) is 12.3 Å². The van der Waals surface area contributed by atoms with Gasteiger partial charge in [-0.2, -0.15) is 0 Å². The molecule has 1 fully saturated rings. The van der Waals surface area contributed by atoms with E-state index in [0.717, 1.165) is 28.5 Å². The normalized spacial score (nSPS) is 17.8. The van der Waals surface area contributed by atoms with Crippen molar-refractivity contribution in [1.82, 2.24) is 14.9 Å². The maximum Gasteiger partial charge on any atom is 0.174 e. The number of anilines is 1. The van der Waals surface area contributed by atoms with Crippen LogP contribution >= 0.6 is 12.2 Å². The quantitative estimate of drug-likeness (QED) is 0.350. The Bertz CT molecular complexity index is 1290. The Labute approximate surface area is 203 Å². The fourth-order valence-corrected chi connectivity index (χ4v) is 4.73. The lowest BCUT2D eigenvalue weighted by Gasteiger charge is -2.29. The van der Waals surface area contributed by atoms with Gasteiger partial charge in [0.25, 0.3) is 0 Å². The molecule has 0 amide bonds. The first-order chi connectivity index (χ1) is 16.5. The summed E-state index contributed by atoms with van der Waals surface area (Å²) < 4.78 is 21.9. The summed E-state index contributed by atoms with van der Waals surface area (Å²) in [7, 11) is 0. The van der Waals surface area contributed by atoms with Crippen LogP contribution in [0.4, 0.5) is 10.1 Å². The SMILES string of the molecule is CC(C)Oc1ccc(N2C(=S)N[C@H](c3ccccn3)[C@H]2c2cccn2-c2cccc(F)c2)cc1. The fraction of sp³-hybridized carbons (Fsp3) is 0.185. The van der Waals surface area contributed by atoms with Gasteiger partial charge >= 0.3 is 0 Å². The van der Waals surface area contributed by atoms with Gasteiger partial charge in [-0.15, -0.1) is 0 Å². The molecule has 34 heavy (non-hydrogen) atoms. The predicted octanol–water partition coefficient (Wildman–Crippen LogP) is 5.98. The number of aromatic nitrogens is 2. The van der Waals surface area contributed by atoms with E-state index in [4.69, 9.17) is 17.0 Å². The third kappa shape index (κ3) is 4.26. The van der Waals surface area contributed by atoms with Crippen molar-refractivity contribution in [3.05, 3.63) is 108 Å². The van der Waals surface area contributed by atoms with Crippen LogP contribution in [0.5, 0.6) is 5.75 Å². The number of nitrogens with one attached hydrogen (secondary N) is 1. The molecule has 1 N–H and O–H groups in total. The second kappa shape index (κ2) is 9.27. The molecule has 4 aromatic rings. The molecule has 0 spiro atoms. The largest absolute Gasteiger partial charge is 0.491 e. The zero-order chi connectivity index (χ0) is 23.7. The Kier molecular flexibility index (Phi) is 6.02. The molecule has 1 saturated heterocycles. The van der Waals surface area contributed by atoms with Crippen LogP contribution < -0.4 is 15.0 Å². The van der Waals surface area contributed by atoms with Crippen molar-refractivity contribution in [3.8, 4) is 11.4 Å². The van der Waals surface area contributed by atoms with Gasteiger partial charge in [0.15, 0.2) is 5.11 Å². The summed E-state index contributed by atoms with van der Waals surface area (Å²) in [6.45, 7) is 4.00. The Morgan fingerprint density at radius 3 is 2.50 bits per heavy atom. The lowest BCUT2D eigenvalue weighted by molar-refractivity contribution is 0.242. The van der Waals surface area contributed by atoms with E-state index in [1.807, 2.05) is 85.3 Å². The highest BCUT2D eigenvalue weighted by Crippen LogP contribution is 2.42. The number of halogens is 1. The summed E-state index contributed by atoms with van der Waals surface area (Å²) in [5, 5.41) is 4.07. The molecule has 3 heterocycles. The molecular weight excluding hydrogens is 447 g/mol. The first kappa shape index (κ1) is 22.1. The average molecular weight is 473 g/mol. The Morgan fingerprint density at radius 1 is 0.971 bits per heavy atom. The molecule has 0 unspecified atom stereocenters. The van der Waals surface area contributed by atoms with Crippen molar-refractivity contribution in [2.45, 2.75) is 32.0 Å². The van der Waals surface area contributed by atoms with Gasteiger partial charge in [-0.3, -0.25) is 4.98 Å². The van der Waals surface area contributed by atoms with E-state index in [1.165, 1.54) is 12.1 Å². The summed E-state index contributed by atoms with van der Waals surface area (Å²) in [5.41, 5.74) is 3.53. The molecule has 5 rings (SSSR count). The summed E-state index contributed by atoms with van der Waals surface area (Å²) >= 11 is 5.82. The standard InChI is InChI=1S/C27H25FN4OS/c1-18(2)33-22-13-11-20(12-14-22)32-26(25(30-27(32)34)23-9-3-4-15-29-23)24-10-6-16-31(24)21-8-5-7-19(28)17-21/h3-18,25-26H,1-2H3,(H,30,34)/t25-,26-/m1/s1. The van der Waals surface area contributed by atoms with Crippen LogP contribution in [0.3, 0.4) is 0 Å². The van der Waals surface area contributed by atoms with Gasteiger partial charge in [0.1, 0.15) is 17.6 Å². The van der Waals surface area contributed by atoms with Crippen molar-refractivity contribution in [1.29, 1.82) is 0 Å². The Hall–Kier alpha value is -3.71. The van der Waals surface area contributed by atoms with Gasteiger partial charge in [0.2, 0.25) is 0 Å². The van der Waals surface area contributed by atoms with Gasteiger partial charge in [-0.1, -0.05) is 12.1 Å². The number of nitrogens with zero attached hydrogens (tertiary/aromatic N) is 3. The monoisotopic (exact) mass is 472 g/mol. The molecule has 5 nitrogen and oxygen atoms in total. The van der Waals surface area contributed by atoms with Crippen molar-refractivity contribution in [2.75, 3.05) is 4.90 Å². The van der Waals surface area contributed by atoms with Gasteiger partial charge in [0, 0.05) is 29.5 Å². The van der Waals surface area contributed by atoms with Crippen LogP contribution in [0.25, 0.3) is 5.69 Å². The van der Waals surface area contributed by atoms with Gasteiger partial charge in [-0.05, 0) is 92.8 Å². The first-order valence-electron chi connectivity index (χ1n) is 11.2. The van der Waals surface area contributed by atoms with Crippen molar-refractivity contribution in [2.24, 2.45) is 0 Å². The van der Waals surface area contributed by atoms with E-state index >= 15 is 0 Å². The van der Waals surface area contributed by atoms with E-state index in [-0.39, 0.29) is 24.0 Å². The van der Waals surface area contributed by atoms with Crippen LogP contribution in [-0.2, 0) is 0 Å². The van der Waals surface area contributed by atoms with E-state index in [0.29, 0.717) is 5.11 Å². The van der Waals surface area contributed by atoms with Gasteiger partial charge in [0.05, 0.1) is 17.8 Å². The molecule has 1 aliphatic rings. The molecule has 7 heteroatoms. The predicted molar refractivity (Wildman–Crippen MR) is 136 cm³/mol. The molecule has 2 aromatic carbocycles. The summed E-state index contributed by atoms with van der Waals surface area (Å²) in [6.07, 6.45) is 3.82. The van der Waals surface area contributed by atoms with Gasteiger partial charge < -0.3 is 19.5 Å². The molecule has 2 atom stereocenters. The zero-order valence-corrected chi connectivity index (χ0v) is 19.7. The molecule has 0 aliphatic carbocycles. The third-order valence-electron chi connectivity index (χ3n) is 5.75. The second-order valence-electron chi connectivity index (χ2n) is 8.44. The smallest absolute Gasteiger partial charge is 0.174 e. The van der Waals surface area contributed by atoms with E-state index in [2.05, 4.69) is 15.2 Å². The third-order valence-corrected chi connectivity index (χ3v) is 6.07. The van der Waals surface area contributed by atoms with Crippen LogP contribution in [-0.4, -0.2) is 20.8 Å². The van der Waals surface area contributed by atoms with Gasteiger partial charge in [-0.25, -0.2) is 4.39 Å². The number of thiocarbonyl (C=S) groups is 1. The number of pyridine rings is 1. The molecule has 1 aliphatic heterocycles. The lowest BCUT2D eigenvalue weighted by atomic mass is 10.0.